The third-order valence-electron chi connectivity index (χ3n) is 12.8. The van der Waals surface area contributed by atoms with E-state index < -0.39 is 0 Å². The monoisotopic (exact) mass is 817 g/mol. The maximum absolute atomic E-state index is 4.24. The maximum Gasteiger partial charge on any atom is -0.00779 e. The van der Waals surface area contributed by atoms with E-state index in [2.05, 4.69) is 169 Å². The molecule has 336 valence electrons. The van der Waals surface area contributed by atoms with Gasteiger partial charge in [0, 0.05) is 0 Å². The highest BCUT2D eigenvalue weighted by atomic mass is 14.3. The maximum atomic E-state index is 4.24. The van der Waals surface area contributed by atoms with Gasteiger partial charge in [0.15, 0.2) is 0 Å². The van der Waals surface area contributed by atoms with Gasteiger partial charge in [-0.25, -0.2) is 0 Å². The smallest absolute Gasteiger partial charge is 0.00779 e. The number of hydrogen-bond donors (Lipinski definition) is 0. The first-order valence-electron chi connectivity index (χ1n) is 24.3. The Morgan fingerprint density at radius 2 is 0.833 bits per heavy atom. The van der Waals surface area contributed by atoms with Gasteiger partial charge in [-0.15, -0.1) is 13.2 Å². The first-order chi connectivity index (χ1) is 28.5. The molecule has 0 radical (unpaired) electrons. The van der Waals surface area contributed by atoms with Gasteiger partial charge < -0.3 is 0 Å². The fraction of sp³-hybridized carbons (Fsp3) is 0.600. The quantitative estimate of drug-likeness (QED) is 0.0763. The van der Waals surface area contributed by atoms with Crippen molar-refractivity contribution in [2.24, 2.45) is 10.8 Å². The average molecular weight is 817 g/mol. The molecule has 0 amide bonds. The summed E-state index contributed by atoms with van der Waals surface area (Å²) in [5.74, 6) is 0. The van der Waals surface area contributed by atoms with Gasteiger partial charge in [0.2, 0.25) is 0 Å². The lowest BCUT2D eigenvalue weighted by Crippen LogP contribution is -2.21. The van der Waals surface area contributed by atoms with Crippen molar-refractivity contribution in [3.63, 3.8) is 0 Å². The molecule has 2 aliphatic rings. The molecule has 0 spiro atoms. The van der Waals surface area contributed by atoms with Crippen LogP contribution < -0.4 is 0 Å². The molecule has 2 atom stereocenters. The molecule has 2 rings (SSSR count). The zero-order valence-corrected chi connectivity index (χ0v) is 41.9. The van der Waals surface area contributed by atoms with Crippen LogP contribution in [0.25, 0.3) is 0 Å². The van der Waals surface area contributed by atoms with Crippen molar-refractivity contribution in [1.82, 2.24) is 0 Å². The van der Waals surface area contributed by atoms with Crippen LogP contribution in [0.15, 0.2) is 142 Å². The van der Waals surface area contributed by atoms with Crippen LogP contribution in [0.5, 0.6) is 0 Å². The van der Waals surface area contributed by atoms with E-state index in [1.807, 2.05) is 0 Å². The summed E-state index contributed by atoms with van der Waals surface area (Å²) in [4.78, 5) is 0. The summed E-state index contributed by atoms with van der Waals surface area (Å²) in [7, 11) is 0. The number of rotatable bonds is 26. The predicted molar refractivity (Wildman–Crippen MR) is 276 cm³/mol. The van der Waals surface area contributed by atoms with Crippen molar-refractivity contribution in [1.29, 1.82) is 0 Å². The molecule has 0 aliphatic heterocycles. The molecule has 0 aromatic heterocycles. The third kappa shape index (κ3) is 27.0. The van der Waals surface area contributed by atoms with Gasteiger partial charge in [-0.05, 0) is 235 Å². The van der Waals surface area contributed by atoms with Crippen molar-refractivity contribution in [2.45, 2.75) is 224 Å². The normalized spacial score (nSPS) is 19.9. The molecule has 0 fully saturated rings. The SMILES string of the molecule is C=CC1(CC/C=C(\C)CCC=C(C)C)CC=C(CC/C=C(\C)CCC=C(C)C)CC1.C=CC1(CC/C=C(\C)CCC=C(C)C)CCC=C(CC/C=C(\C)CCC=C(C)C)C1. The molecule has 0 N–H and O–H groups in total. The molecule has 60 heavy (non-hydrogen) atoms. The molecule has 0 saturated carbocycles. The van der Waals surface area contributed by atoms with Gasteiger partial charge in [-0.3, -0.25) is 0 Å². The Balaban J connectivity index is 0.000000600. The Morgan fingerprint density at radius 1 is 0.450 bits per heavy atom. The average Bonchev–Trinajstić information content (AvgIpc) is 3.18. The van der Waals surface area contributed by atoms with Crippen LogP contribution in [0.4, 0.5) is 0 Å². The predicted octanol–water partition coefficient (Wildman–Crippen LogP) is 20.4. The highest BCUT2D eigenvalue weighted by Crippen LogP contribution is 2.43. The summed E-state index contributed by atoms with van der Waals surface area (Å²) in [6.45, 7) is 35.0. The highest BCUT2D eigenvalue weighted by Gasteiger charge is 2.29. The Kier molecular flexibility index (Phi) is 29.0. The molecule has 0 saturated heterocycles. The highest BCUT2D eigenvalue weighted by molar-refractivity contribution is 5.18. The van der Waals surface area contributed by atoms with Crippen LogP contribution in [0, 0.1) is 10.8 Å². The van der Waals surface area contributed by atoms with Crippen LogP contribution in [-0.4, -0.2) is 0 Å². The molecule has 2 unspecified atom stereocenters. The van der Waals surface area contributed by atoms with E-state index in [9.17, 15) is 0 Å². The molecule has 0 bridgehead atoms. The second-order valence-corrected chi connectivity index (χ2v) is 19.9. The minimum atomic E-state index is 0.309. The van der Waals surface area contributed by atoms with Crippen LogP contribution in [0.1, 0.15) is 224 Å². The van der Waals surface area contributed by atoms with Gasteiger partial charge in [-0.2, -0.15) is 0 Å². The minimum absolute atomic E-state index is 0.309. The van der Waals surface area contributed by atoms with Crippen molar-refractivity contribution in [3.05, 3.63) is 142 Å². The molecule has 0 heteroatoms. The second kappa shape index (κ2) is 31.7. The second-order valence-electron chi connectivity index (χ2n) is 19.9. The van der Waals surface area contributed by atoms with Gasteiger partial charge in [0.05, 0.1) is 0 Å². The third-order valence-corrected chi connectivity index (χ3v) is 12.8. The summed E-state index contributed by atoms with van der Waals surface area (Å²) in [6.07, 6.45) is 55.3. The molecule has 0 heterocycles. The lowest BCUT2D eigenvalue weighted by molar-refractivity contribution is 0.308. The Morgan fingerprint density at radius 3 is 1.20 bits per heavy atom. The first kappa shape index (κ1) is 54.9. The Bertz CT molecular complexity index is 1580. The lowest BCUT2D eigenvalue weighted by atomic mass is 9.70. The summed E-state index contributed by atoms with van der Waals surface area (Å²) in [5.41, 5.74) is 15.8. The number of allylic oxidation sites excluding steroid dienone is 22. The van der Waals surface area contributed by atoms with Gasteiger partial charge in [0.1, 0.15) is 0 Å². The zero-order valence-electron chi connectivity index (χ0n) is 41.9. The van der Waals surface area contributed by atoms with Crippen LogP contribution in [-0.2, 0) is 0 Å². The van der Waals surface area contributed by atoms with E-state index in [-0.39, 0.29) is 0 Å². The summed E-state index contributed by atoms with van der Waals surface area (Å²) in [5, 5.41) is 0. The van der Waals surface area contributed by atoms with Crippen molar-refractivity contribution in [3.8, 4) is 0 Å². The van der Waals surface area contributed by atoms with Crippen LogP contribution in [0.3, 0.4) is 0 Å². The fourth-order valence-electron chi connectivity index (χ4n) is 8.54. The Labute approximate surface area is 375 Å². The molecule has 0 aromatic carbocycles. The largest absolute Gasteiger partial charge is 0.103 e. The van der Waals surface area contributed by atoms with E-state index in [4.69, 9.17) is 0 Å². The summed E-state index contributed by atoms with van der Waals surface area (Å²) in [6, 6.07) is 0. The lowest BCUT2D eigenvalue weighted by Gasteiger charge is -2.35. The molecule has 0 nitrogen and oxygen atoms in total. The topological polar surface area (TPSA) is 0 Å². The standard InChI is InChI=1S/2C30H48/c1-8-30(22-12-19-28(7)17-10-15-26(4)5)23-13-21-29(24-30)20-11-18-27(6)16-9-14-25(2)3;1-8-30(22-12-18-28(7)16-10-14-26(4)5)23-20-29(21-24-30)19-11-17-27(6)15-9-13-25(2)3/h8,14-15,18-19,21H,1,9-13,16-17,20,22-24H2,2-7H3;8,13-14,17-18,20H,1,9-12,15-16,19,21-24H2,2-7H3/b27-18+,28-19+;27-17+,28-18+. The molecule has 0 aromatic rings. The van der Waals surface area contributed by atoms with Crippen LogP contribution in [0.2, 0.25) is 0 Å². The van der Waals surface area contributed by atoms with E-state index in [1.165, 1.54) is 186 Å². The van der Waals surface area contributed by atoms with E-state index >= 15 is 0 Å². The van der Waals surface area contributed by atoms with Gasteiger partial charge >= 0.3 is 0 Å². The fourth-order valence-corrected chi connectivity index (χ4v) is 8.54. The minimum Gasteiger partial charge on any atom is -0.103 e. The molecular weight excluding hydrogens is 721 g/mol. The van der Waals surface area contributed by atoms with E-state index in [1.54, 1.807) is 11.1 Å². The first-order valence-corrected chi connectivity index (χ1v) is 24.3. The zero-order chi connectivity index (χ0) is 44.8. The summed E-state index contributed by atoms with van der Waals surface area (Å²) < 4.78 is 0. The van der Waals surface area contributed by atoms with Crippen molar-refractivity contribution in [2.75, 3.05) is 0 Å². The van der Waals surface area contributed by atoms with Gasteiger partial charge in [0.25, 0.3) is 0 Å². The molecular formula is C60H96. The van der Waals surface area contributed by atoms with Crippen LogP contribution >= 0.6 is 0 Å². The van der Waals surface area contributed by atoms with Gasteiger partial charge in [-0.1, -0.05) is 129 Å². The van der Waals surface area contributed by atoms with Crippen molar-refractivity contribution >= 4 is 0 Å². The van der Waals surface area contributed by atoms with Crippen molar-refractivity contribution < 1.29 is 0 Å². The number of hydrogen-bond acceptors (Lipinski definition) is 0. The Hall–Kier alpha value is -3.12. The van der Waals surface area contributed by atoms with E-state index in [0.29, 0.717) is 10.8 Å². The molecule has 2 aliphatic carbocycles. The summed E-state index contributed by atoms with van der Waals surface area (Å²) >= 11 is 0. The van der Waals surface area contributed by atoms with E-state index in [0.717, 1.165) is 0 Å².